The maximum atomic E-state index is 13.6. The Morgan fingerprint density at radius 3 is 2.89 bits per heavy atom. The summed E-state index contributed by atoms with van der Waals surface area (Å²) in [7, 11) is 0. The molecule has 0 bridgehead atoms. The SMILES string of the molecule is Cc1nccc(CNc2cc(C(N)=O)ccc2F)n1. The first-order valence-corrected chi connectivity index (χ1v) is 5.68. The molecule has 19 heavy (non-hydrogen) atoms. The van der Waals surface area contributed by atoms with E-state index in [9.17, 15) is 9.18 Å². The van der Waals surface area contributed by atoms with Crippen molar-refractivity contribution >= 4 is 11.6 Å². The highest BCUT2D eigenvalue weighted by Crippen LogP contribution is 2.16. The average Bonchev–Trinajstić information content (AvgIpc) is 2.37. The molecule has 0 radical (unpaired) electrons. The Labute approximate surface area is 109 Å². The molecule has 2 aromatic rings. The van der Waals surface area contributed by atoms with Gasteiger partial charge in [-0.2, -0.15) is 0 Å². The van der Waals surface area contributed by atoms with E-state index in [4.69, 9.17) is 5.73 Å². The number of primary amides is 1. The van der Waals surface area contributed by atoms with Gasteiger partial charge in [0.15, 0.2) is 0 Å². The highest BCUT2D eigenvalue weighted by atomic mass is 19.1. The van der Waals surface area contributed by atoms with Gasteiger partial charge in [-0.1, -0.05) is 0 Å². The zero-order valence-electron chi connectivity index (χ0n) is 10.4. The van der Waals surface area contributed by atoms with Crippen LogP contribution in [0.4, 0.5) is 10.1 Å². The predicted octanol–water partition coefficient (Wildman–Crippen LogP) is 1.64. The van der Waals surface area contributed by atoms with Crippen LogP contribution in [-0.2, 0) is 6.54 Å². The Balaban J connectivity index is 2.15. The quantitative estimate of drug-likeness (QED) is 0.875. The molecule has 0 fully saturated rings. The molecule has 1 aromatic heterocycles. The first-order valence-electron chi connectivity index (χ1n) is 5.68. The Morgan fingerprint density at radius 2 is 2.21 bits per heavy atom. The van der Waals surface area contributed by atoms with E-state index in [1.165, 1.54) is 18.2 Å². The van der Waals surface area contributed by atoms with E-state index >= 15 is 0 Å². The van der Waals surface area contributed by atoms with Crippen molar-refractivity contribution in [2.45, 2.75) is 13.5 Å². The zero-order valence-corrected chi connectivity index (χ0v) is 10.4. The summed E-state index contributed by atoms with van der Waals surface area (Å²) in [5.41, 5.74) is 6.35. The second-order valence-corrected chi connectivity index (χ2v) is 4.01. The van der Waals surface area contributed by atoms with Crippen molar-refractivity contribution < 1.29 is 9.18 Å². The summed E-state index contributed by atoms with van der Waals surface area (Å²) in [5.74, 6) is -0.401. The number of nitrogens with two attached hydrogens (primary N) is 1. The summed E-state index contributed by atoms with van der Waals surface area (Å²) >= 11 is 0. The van der Waals surface area contributed by atoms with Crippen LogP contribution in [0, 0.1) is 12.7 Å². The smallest absolute Gasteiger partial charge is 0.248 e. The van der Waals surface area contributed by atoms with Crippen LogP contribution in [-0.4, -0.2) is 15.9 Å². The van der Waals surface area contributed by atoms with Gasteiger partial charge in [0.1, 0.15) is 11.6 Å². The summed E-state index contributed by atoms with van der Waals surface area (Å²) in [6.45, 7) is 2.11. The number of nitrogens with one attached hydrogen (secondary N) is 1. The van der Waals surface area contributed by atoms with Crippen molar-refractivity contribution in [3.63, 3.8) is 0 Å². The minimum absolute atomic E-state index is 0.215. The normalized spacial score (nSPS) is 10.2. The molecule has 0 saturated carbocycles. The number of nitrogens with zero attached hydrogens (tertiary/aromatic N) is 2. The second kappa shape index (κ2) is 5.43. The Hall–Kier alpha value is -2.50. The van der Waals surface area contributed by atoms with Crippen molar-refractivity contribution in [3.05, 3.63) is 53.4 Å². The first-order chi connectivity index (χ1) is 9.06. The molecular weight excluding hydrogens is 247 g/mol. The molecule has 1 amide bonds. The van der Waals surface area contributed by atoms with Crippen molar-refractivity contribution in [3.8, 4) is 0 Å². The van der Waals surface area contributed by atoms with E-state index in [2.05, 4.69) is 15.3 Å². The number of anilines is 1. The topological polar surface area (TPSA) is 80.9 Å². The number of carbonyl (C=O) groups excluding carboxylic acids is 1. The number of hydrogen-bond acceptors (Lipinski definition) is 4. The van der Waals surface area contributed by atoms with Crippen LogP contribution in [0.15, 0.2) is 30.5 Å². The van der Waals surface area contributed by atoms with Crippen molar-refractivity contribution in [2.24, 2.45) is 5.73 Å². The standard InChI is InChI=1S/C13H13FN4O/c1-8-16-5-4-10(18-8)7-17-12-6-9(13(15)19)2-3-11(12)14/h2-6,17H,7H2,1H3,(H2,15,19). The summed E-state index contributed by atoms with van der Waals surface area (Å²) in [4.78, 5) is 19.2. The lowest BCUT2D eigenvalue weighted by Gasteiger charge is -2.08. The van der Waals surface area contributed by atoms with Crippen LogP contribution in [0.5, 0.6) is 0 Å². The third-order valence-electron chi connectivity index (χ3n) is 2.54. The monoisotopic (exact) mass is 260 g/mol. The predicted molar refractivity (Wildman–Crippen MR) is 69.0 cm³/mol. The van der Waals surface area contributed by atoms with E-state index < -0.39 is 11.7 Å². The van der Waals surface area contributed by atoms with Gasteiger partial charge in [-0.25, -0.2) is 14.4 Å². The molecule has 98 valence electrons. The lowest BCUT2D eigenvalue weighted by Crippen LogP contribution is -2.12. The lowest BCUT2D eigenvalue weighted by atomic mass is 10.2. The third kappa shape index (κ3) is 3.25. The van der Waals surface area contributed by atoms with Gasteiger partial charge >= 0.3 is 0 Å². The van der Waals surface area contributed by atoms with Crippen LogP contribution < -0.4 is 11.1 Å². The number of aryl methyl sites for hydroxylation is 1. The van der Waals surface area contributed by atoms with Gasteiger partial charge in [-0.15, -0.1) is 0 Å². The molecule has 3 N–H and O–H groups in total. The minimum Gasteiger partial charge on any atom is -0.377 e. The molecule has 5 nitrogen and oxygen atoms in total. The summed E-state index contributed by atoms with van der Waals surface area (Å²) in [6.07, 6.45) is 1.63. The van der Waals surface area contributed by atoms with E-state index in [0.29, 0.717) is 12.4 Å². The minimum atomic E-state index is -0.596. The molecule has 1 aromatic carbocycles. The van der Waals surface area contributed by atoms with Crippen LogP contribution in [0.1, 0.15) is 21.9 Å². The summed E-state index contributed by atoms with van der Waals surface area (Å²) in [6, 6.07) is 5.66. The number of halogens is 1. The van der Waals surface area contributed by atoms with Gasteiger partial charge in [0.2, 0.25) is 5.91 Å². The van der Waals surface area contributed by atoms with E-state index in [-0.39, 0.29) is 11.3 Å². The van der Waals surface area contributed by atoms with Gasteiger partial charge in [-0.05, 0) is 31.2 Å². The third-order valence-corrected chi connectivity index (χ3v) is 2.54. The molecule has 0 saturated heterocycles. The van der Waals surface area contributed by atoms with E-state index in [1.54, 1.807) is 19.2 Å². The molecule has 0 aliphatic heterocycles. The highest BCUT2D eigenvalue weighted by molar-refractivity contribution is 5.93. The number of hydrogen-bond donors (Lipinski definition) is 2. The highest BCUT2D eigenvalue weighted by Gasteiger charge is 2.07. The molecule has 0 atom stereocenters. The number of benzene rings is 1. The molecule has 2 rings (SSSR count). The van der Waals surface area contributed by atoms with Crippen LogP contribution in [0.2, 0.25) is 0 Å². The molecule has 0 aliphatic rings. The number of aromatic nitrogens is 2. The van der Waals surface area contributed by atoms with Gasteiger partial charge < -0.3 is 11.1 Å². The number of rotatable bonds is 4. The largest absolute Gasteiger partial charge is 0.377 e. The second-order valence-electron chi connectivity index (χ2n) is 4.01. The summed E-state index contributed by atoms with van der Waals surface area (Å²) < 4.78 is 13.6. The Kier molecular flexibility index (Phi) is 3.70. The molecule has 1 heterocycles. The first kappa shape index (κ1) is 12.9. The average molecular weight is 260 g/mol. The molecule has 0 aliphatic carbocycles. The lowest BCUT2D eigenvalue weighted by molar-refractivity contribution is 0.100. The van der Waals surface area contributed by atoms with Crippen LogP contribution in [0.3, 0.4) is 0 Å². The fourth-order valence-electron chi connectivity index (χ4n) is 1.60. The molecule has 0 unspecified atom stereocenters. The molecule has 6 heteroatoms. The van der Waals surface area contributed by atoms with E-state index in [0.717, 1.165) is 5.69 Å². The van der Waals surface area contributed by atoms with Gasteiger partial charge in [-0.3, -0.25) is 4.79 Å². The van der Waals surface area contributed by atoms with Crippen LogP contribution >= 0.6 is 0 Å². The number of carbonyl (C=O) groups is 1. The van der Waals surface area contributed by atoms with E-state index in [1.807, 2.05) is 0 Å². The molecule has 0 spiro atoms. The van der Waals surface area contributed by atoms with Gasteiger partial charge in [0.05, 0.1) is 17.9 Å². The molecular formula is C13H13FN4O. The Morgan fingerprint density at radius 1 is 1.42 bits per heavy atom. The zero-order chi connectivity index (χ0) is 13.8. The number of amides is 1. The fourth-order valence-corrected chi connectivity index (χ4v) is 1.60. The maximum Gasteiger partial charge on any atom is 0.248 e. The van der Waals surface area contributed by atoms with Crippen molar-refractivity contribution in [1.29, 1.82) is 0 Å². The van der Waals surface area contributed by atoms with Gasteiger partial charge in [0.25, 0.3) is 0 Å². The maximum absolute atomic E-state index is 13.6. The van der Waals surface area contributed by atoms with Crippen molar-refractivity contribution in [1.82, 2.24) is 9.97 Å². The Bertz CT molecular complexity index is 615. The van der Waals surface area contributed by atoms with Crippen molar-refractivity contribution in [2.75, 3.05) is 5.32 Å². The van der Waals surface area contributed by atoms with Crippen LogP contribution in [0.25, 0.3) is 0 Å². The summed E-state index contributed by atoms with van der Waals surface area (Å²) in [5, 5.41) is 2.88. The fraction of sp³-hybridized carbons (Fsp3) is 0.154. The van der Waals surface area contributed by atoms with Gasteiger partial charge in [0, 0.05) is 11.8 Å².